The highest BCUT2D eigenvalue weighted by atomic mass is 32.1. The van der Waals surface area contributed by atoms with Gasteiger partial charge in [0.15, 0.2) is 0 Å². The van der Waals surface area contributed by atoms with Gasteiger partial charge in [-0.1, -0.05) is 42.5 Å². The maximum Gasteiger partial charge on any atom is 0.296 e. The van der Waals surface area contributed by atoms with Crippen molar-refractivity contribution in [3.05, 3.63) is 98.8 Å². The van der Waals surface area contributed by atoms with E-state index in [0.717, 1.165) is 41.7 Å². The van der Waals surface area contributed by atoms with Crippen molar-refractivity contribution in [1.82, 2.24) is 14.5 Å². The van der Waals surface area contributed by atoms with Crippen molar-refractivity contribution in [2.75, 3.05) is 0 Å². The van der Waals surface area contributed by atoms with Crippen LogP contribution < -0.4 is 16.0 Å². The smallest absolute Gasteiger partial charge is 0.296 e. The number of benzene rings is 2. The fourth-order valence-corrected chi connectivity index (χ4v) is 6.18. The molecule has 2 bridgehead atoms. The lowest BCUT2D eigenvalue weighted by Gasteiger charge is -2.32. The van der Waals surface area contributed by atoms with E-state index in [1.54, 1.807) is 22.9 Å². The van der Waals surface area contributed by atoms with Crippen molar-refractivity contribution in [2.45, 2.75) is 50.8 Å². The minimum absolute atomic E-state index is 0.190. The summed E-state index contributed by atoms with van der Waals surface area (Å²) in [4.78, 5) is 24.5. The third-order valence-electron chi connectivity index (χ3n) is 7.29. The van der Waals surface area contributed by atoms with Crippen molar-refractivity contribution in [3.63, 3.8) is 0 Å². The molecule has 1 fully saturated rings. The minimum atomic E-state index is -0.618. The molecule has 4 heterocycles. The molecule has 4 aromatic rings. The number of fused-ring (bicyclic) bond motifs is 2. The zero-order valence-electron chi connectivity index (χ0n) is 19.8. The lowest BCUT2D eigenvalue weighted by molar-refractivity contribution is 0.249. The topological polar surface area (TPSA) is 83.0 Å². The van der Waals surface area contributed by atoms with Crippen LogP contribution in [0.25, 0.3) is 10.7 Å². The Labute approximate surface area is 212 Å². The van der Waals surface area contributed by atoms with Crippen LogP contribution in [0.5, 0.6) is 5.75 Å². The number of nitrogens with two attached hydrogens (primary N) is 1. The van der Waals surface area contributed by atoms with Gasteiger partial charge in [-0.2, -0.15) is 0 Å². The summed E-state index contributed by atoms with van der Waals surface area (Å²) < 4.78 is 21.2. The third-order valence-corrected chi connectivity index (χ3v) is 8.29. The summed E-state index contributed by atoms with van der Waals surface area (Å²) in [6.45, 7) is 0.880. The van der Waals surface area contributed by atoms with Crippen LogP contribution >= 0.6 is 11.3 Å². The van der Waals surface area contributed by atoms with Crippen molar-refractivity contribution < 1.29 is 9.13 Å². The summed E-state index contributed by atoms with van der Waals surface area (Å²) in [5, 5.41) is 0.623. The molecular formula is C28H27FN4O2S. The fourth-order valence-electron chi connectivity index (χ4n) is 5.25. The van der Waals surface area contributed by atoms with Crippen LogP contribution in [-0.4, -0.2) is 14.5 Å². The van der Waals surface area contributed by atoms with Gasteiger partial charge >= 0.3 is 0 Å². The highest BCUT2D eigenvalue weighted by molar-refractivity contribution is 7.15. The maximum atomic E-state index is 13.9. The minimum Gasteiger partial charge on any atom is -0.481 e. The SMILES string of the molecule is NC12CCC(CC1)Cn1c2nc(-c2ncc(Cc3ccc(F)cc3)s2)c(OCc2ccccc2)c1=O. The Balaban J connectivity index is 1.42. The Bertz CT molecular complexity index is 1440. The van der Waals surface area contributed by atoms with Gasteiger partial charge in [0.05, 0.1) is 5.54 Å². The summed E-state index contributed by atoms with van der Waals surface area (Å²) in [7, 11) is 0. The normalized spacial score (nSPS) is 20.7. The Morgan fingerprint density at radius 2 is 1.83 bits per heavy atom. The zero-order chi connectivity index (χ0) is 24.7. The van der Waals surface area contributed by atoms with E-state index in [0.29, 0.717) is 35.4 Å². The lowest BCUT2D eigenvalue weighted by Crippen LogP contribution is -2.42. The largest absolute Gasteiger partial charge is 0.481 e. The molecule has 0 amide bonds. The average Bonchev–Trinajstić information content (AvgIpc) is 3.24. The van der Waals surface area contributed by atoms with E-state index in [4.69, 9.17) is 15.5 Å². The molecule has 2 aromatic carbocycles. The van der Waals surface area contributed by atoms with Crippen LogP contribution in [0.4, 0.5) is 4.39 Å². The molecule has 0 spiro atoms. The summed E-state index contributed by atoms with van der Waals surface area (Å²) in [6, 6.07) is 16.2. The van der Waals surface area contributed by atoms with E-state index in [2.05, 4.69) is 4.98 Å². The number of aromatic nitrogens is 3. The number of rotatable bonds is 6. The molecule has 1 saturated carbocycles. The summed E-state index contributed by atoms with van der Waals surface area (Å²) in [6.07, 6.45) is 6.04. The monoisotopic (exact) mass is 502 g/mol. The van der Waals surface area contributed by atoms with E-state index in [9.17, 15) is 9.18 Å². The molecule has 7 rings (SSSR count). The first-order chi connectivity index (χ1) is 17.5. The Kier molecular flexibility index (Phi) is 5.93. The van der Waals surface area contributed by atoms with E-state index < -0.39 is 5.54 Å². The Hall–Kier alpha value is -3.36. The van der Waals surface area contributed by atoms with Crippen molar-refractivity contribution in [3.8, 4) is 16.5 Å². The molecule has 2 N–H and O–H groups in total. The molecule has 0 saturated heterocycles. The maximum absolute atomic E-state index is 13.9. The van der Waals surface area contributed by atoms with E-state index in [1.165, 1.54) is 23.5 Å². The second-order valence-electron chi connectivity index (χ2n) is 9.84. The molecule has 0 atom stereocenters. The Morgan fingerprint density at radius 3 is 2.58 bits per heavy atom. The van der Waals surface area contributed by atoms with Crippen LogP contribution in [0.2, 0.25) is 0 Å². The number of halogens is 1. The van der Waals surface area contributed by atoms with Crippen molar-refractivity contribution in [1.29, 1.82) is 0 Å². The predicted octanol–water partition coefficient (Wildman–Crippen LogP) is 5.03. The first-order valence-corrected chi connectivity index (χ1v) is 13.1. The standard InChI is InChI=1S/C28H27FN4O2S/c29-21-8-6-18(7-9-21)14-22-15-31-25(36-22)23-24(35-17-20-4-2-1-3-5-20)26(34)33-16-19-10-12-28(30,13-11-19)27(33)32-23/h1-9,15,19H,10-14,16-17,30H2. The summed E-state index contributed by atoms with van der Waals surface area (Å²) in [5.74, 6) is 1.03. The first kappa shape index (κ1) is 23.1. The summed E-state index contributed by atoms with van der Waals surface area (Å²) in [5.41, 5.74) is 8.44. The quantitative estimate of drug-likeness (QED) is 0.400. The van der Waals surface area contributed by atoms with Gasteiger partial charge in [-0.3, -0.25) is 9.36 Å². The van der Waals surface area contributed by atoms with Gasteiger partial charge in [-0.05, 0) is 54.9 Å². The molecule has 8 heteroatoms. The molecule has 2 aliphatic heterocycles. The molecule has 36 heavy (non-hydrogen) atoms. The van der Waals surface area contributed by atoms with E-state index >= 15 is 0 Å². The number of hydrogen-bond donors (Lipinski definition) is 1. The van der Waals surface area contributed by atoms with Gasteiger partial charge in [-0.25, -0.2) is 14.4 Å². The number of thiazole rings is 1. The Morgan fingerprint density at radius 1 is 1.08 bits per heavy atom. The van der Waals surface area contributed by atoms with Gasteiger partial charge in [0, 0.05) is 24.0 Å². The molecule has 0 radical (unpaired) electrons. The fraction of sp³-hybridized carbons (Fsp3) is 0.321. The number of ether oxygens (including phenoxy) is 1. The molecule has 3 aliphatic rings. The van der Waals surface area contributed by atoms with Crippen molar-refractivity contribution >= 4 is 11.3 Å². The van der Waals surface area contributed by atoms with Crippen molar-refractivity contribution in [2.24, 2.45) is 11.7 Å². The van der Waals surface area contributed by atoms with Gasteiger partial charge in [0.2, 0.25) is 5.75 Å². The van der Waals surface area contributed by atoms with Gasteiger partial charge < -0.3 is 10.5 Å². The van der Waals surface area contributed by atoms with E-state index in [1.807, 2.05) is 30.3 Å². The van der Waals surface area contributed by atoms with Crippen LogP contribution in [0.15, 0.2) is 65.6 Å². The average molecular weight is 503 g/mol. The first-order valence-electron chi connectivity index (χ1n) is 12.3. The molecule has 6 nitrogen and oxygen atoms in total. The highest BCUT2D eigenvalue weighted by Crippen LogP contribution is 2.42. The van der Waals surface area contributed by atoms with Crippen LogP contribution in [0.3, 0.4) is 0 Å². The zero-order valence-corrected chi connectivity index (χ0v) is 20.6. The van der Waals surface area contributed by atoms with Gasteiger partial charge in [0.25, 0.3) is 5.56 Å². The van der Waals surface area contributed by atoms with Crippen LogP contribution in [0.1, 0.15) is 47.5 Å². The molecule has 2 aromatic heterocycles. The highest BCUT2D eigenvalue weighted by Gasteiger charge is 2.42. The molecular weight excluding hydrogens is 475 g/mol. The second kappa shape index (κ2) is 9.26. The number of hydrogen-bond acceptors (Lipinski definition) is 6. The van der Waals surface area contributed by atoms with Gasteiger partial charge in [0.1, 0.15) is 29.0 Å². The lowest BCUT2D eigenvalue weighted by atomic mass is 9.78. The van der Waals surface area contributed by atoms with Crippen LogP contribution in [-0.2, 0) is 25.1 Å². The van der Waals surface area contributed by atoms with E-state index in [-0.39, 0.29) is 23.7 Å². The molecule has 184 valence electrons. The van der Waals surface area contributed by atoms with Gasteiger partial charge in [-0.15, -0.1) is 11.3 Å². The second-order valence-corrected chi connectivity index (χ2v) is 11.0. The van der Waals surface area contributed by atoms with Crippen LogP contribution in [0, 0.1) is 11.7 Å². The third kappa shape index (κ3) is 4.35. The molecule has 0 unspecified atom stereocenters. The molecule has 1 aliphatic carbocycles. The predicted molar refractivity (Wildman–Crippen MR) is 137 cm³/mol. The number of nitrogens with zero attached hydrogens (tertiary/aromatic N) is 3. The summed E-state index contributed by atoms with van der Waals surface area (Å²) >= 11 is 1.47.